The summed E-state index contributed by atoms with van der Waals surface area (Å²) in [5, 5.41) is 3.89. The van der Waals surface area contributed by atoms with Gasteiger partial charge in [-0.1, -0.05) is 48.3 Å². The summed E-state index contributed by atoms with van der Waals surface area (Å²) >= 11 is 14.2. The van der Waals surface area contributed by atoms with Gasteiger partial charge < -0.3 is 15.0 Å². The first-order chi connectivity index (χ1) is 15.3. The lowest BCUT2D eigenvalue weighted by atomic mass is 10.1. The van der Waals surface area contributed by atoms with Crippen LogP contribution in [0.3, 0.4) is 0 Å². The molecule has 0 saturated heterocycles. The van der Waals surface area contributed by atoms with Gasteiger partial charge in [0, 0.05) is 33.9 Å². The van der Waals surface area contributed by atoms with Gasteiger partial charge in [-0.15, -0.1) is 11.8 Å². The smallest absolute Gasteiger partial charge is 0.242 e. The van der Waals surface area contributed by atoms with Crippen LogP contribution in [0, 0.1) is 0 Å². The van der Waals surface area contributed by atoms with Crippen molar-refractivity contribution in [3.63, 3.8) is 0 Å². The van der Waals surface area contributed by atoms with E-state index in [9.17, 15) is 9.59 Å². The van der Waals surface area contributed by atoms with E-state index in [0.29, 0.717) is 21.4 Å². The van der Waals surface area contributed by atoms with E-state index >= 15 is 0 Å². The maximum absolute atomic E-state index is 13.2. The highest BCUT2D eigenvalue weighted by Gasteiger charge is 2.27. The third-order valence-corrected chi connectivity index (χ3v) is 6.91. The Morgan fingerprint density at radius 3 is 2.28 bits per heavy atom. The van der Waals surface area contributed by atoms with Crippen LogP contribution < -0.4 is 10.1 Å². The Morgan fingerprint density at radius 1 is 1.09 bits per heavy atom. The molecule has 0 heterocycles. The number of thioether (sulfide) groups is 1. The summed E-state index contributed by atoms with van der Waals surface area (Å²) in [6, 6.07) is 12.3. The number of carbonyl (C=O) groups is 2. The second kappa shape index (κ2) is 13.0. The Morgan fingerprint density at radius 2 is 1.72 bits per heavy atom. The zero-order valence-electron chi connectivity index (χ0n) is 18.9. The summed E-state index contributed by atoms with van der Waals surface area (Å²) in [6.45, 7) is 5.83. The molecule has 2 atom stereocenters. The van der Waals surface area contributed by atoms with Crippen molar-refractivity contribution >= 4 is 46.8 Å². The molecule has 0 radical (unpaired) electrons. The average Bonchev–Trinajstić information content (AvgIpc) is 2.78. The van der Waals surface area contributed by atoms with E-state index in [1.54, 1.807) is 37.1 Å². The number of benzene rings is 2. The van der Waals surface area contributed by atoms with Gasteiger partial charge in [0.15, 0.2) is 0 Å². The molecule has 0 aromatic heterocycles. The molecule has 0 fully saturated rings. The molecular weight excluding hydrogens is 467 g/mol. The van der Waals surface area contributed by atoms with E-state index in [-0.39, 0.29) is 30.2 Å². The molecule has 2 aromatic carbocycles. The second-order valence-corrected chi connectivity index (χ2v) is 9.36. The molecule has 0 saturated carbocycles. The minimum absolute atomic E-state index is 0.0234. The van der Waals surface area contributed by atoms with E-state index in [1.165, 1.54) is 11.8 Å². The molecule has 8 heteroatoms. The number of carbonyl (C=O) groups excluding carboxylic acids is 2. The van der Waals surface area contributed by atoms with Gasteiger partial charge in [0.1, 0.15) is 11.8 Å². The highest BCUT2D eigenvalue weighted by atomic mass is 35.5. The van der Waals surface area contributed by atoms with Gasteiger partial charge in [-0.25, -0.2) is 0 Å². The van der Waals surface area contributed by atoms with Crippen molar-refractivity contribution < 1.29 is 14.3 Å². The van der Waals surface area contributed by atoms with E-state index in [4.69, 9.17) is 27.9 Å². The van der Waals surface area contributed by atoms with Crippen molar-refractivity contribution in [2.45, 2.75) is 51.6 Å². The fourth-order valence-electron chi connectivity index (χ4n) is 2.96. The number of hydrogen-bond donors (Lipinski definition) is 1. The van der Waals surface area contributed by atoms with Crippen molar-refractivity contribution in [2.24, 2.45) is 0 Å². The lowest BCUT2D eigenvalue weighted by Crippen LogP contribution is -2.50. The lowest BCUT2D eigenvalue weighted by Gasteiger charge is -2.30. The maximum Gasteiger partial charge on any atom is 0.242 e. The predicted octanol–water partition coefficient (Wildman–Crippen LogP) is 5.57. The van der Waals surface area contributed by atoms with Crippen molar-refractivity contribution in [1.82, 2.24) is 10.2 Å². The summed E-state index contributed by atoms with van der Waals surface area (Å²) in [4.78, 5) is 27.5. The minimum Gasteiger partial charge on any atom is -0.497 e. The first-order valence-corrected chi connectivity index (χ1v) is 12.4. The normalized spacial score (nSPS) is 12.7. The minimum atomic E-state index is -0.662. The summed E-state index contributed by atoms with van der Waals surface area (Å²) < 4.78 is 5.18. The number of nitrogens with one attached hydrogen (secondary N) is 1. The highest BCUT2D eigenvalue weighted by Crippen LogP contribution is 2.27. The number of rotatable bonds is 11. The first kappa shape index (κ1) is 26.4. The van der Waals surface area contributed by atoms with Crippen LogP contribution in [0.5, 0.6) is 5.75 Å². The number of hydrogen-bond acceptors (Lipinski definition) is 4. The van der Waals surface area contributed by atoms with Crippen molar-refractivity contribution in [1.29, 1.82) is 0 Å². The van der Waals surface area contributed by atoms with Crippen LogP contribution in [0.4, 0.5) is 0 Å². The maximum atomic E-state index is 13.2. The van der Waals surface area contributed by atoms with Crippen LogP contribution in [0.2, 0.25) is 10.0 Å². The topological polar surface area (TPSA) is 58.6 Å². The predicted molar refractivity (Wildman–Crippen MR) is 134 cm³/mol. The summed E-state index contributed by atoms with van der Waals surface area (Å²) in [5.74, 6) is 1.35. The molecule has 174 valence electrons. The van der Waals surface area contributed by atoms with Crippen LogP contribution in [0.1, 0.15) is 38.3 Å². The molecule has 2 rings (SSSR count). The van der Waals surface area contributed by atoms with Gasteiger partial charge in [-0.05, 0) is 50.1 Å². The molecule has 0 aliphatic heterocycles. The van der Waals surface area contributed by atoms with Crippen LogP contribution >= 0.6 is 35.0 Å². The molecule has 0 unspecified atom stereocenters. The first-order valence-electron chi connectivity index (χ1n) is 10.5. The molecular formula is C24H30Cl2N2O3S. The monoisotopic (exact) mass is 496 g/mol. The van der Waals surface area contributed by atoms with Gasteiger partial charge in [0.2, 0.25) is 11.8 Å². The van der Waals surface area contributed by atoms with E-state index in [1.807, 2.05) is 38.1 Å². The molecule has 0 aliphatic carbocycles. The summed E-state index contributed by atoms with van der Waals surface area (Å²) in [6.07, 6.45) is 0.806. The number of nitrogens with zero attached hydrogens (tertiary/aromatic N) is 1. The number of amides is 2. The fraction of sp³-hybridized carbons (Fsp3) is 0.417. The van der Waals surface area contributed by atoms with E-state index < -0.39 is 6.04 Å². The Hall–Kier alpha value is -1.89. The number of ether oxygens (including phenoxy) is 1. The Bertz CT molecular complexity index is 888. The molecule has 0 aliphatic rings. The molecule has 0 spiro atoms. The van der Waals surface area contributed by atoms with Crippen LogP contribution in [0.15, 0.2) is 42.5 Å². The molecule has 0 bridgehead atoms. The van der Waals surface area contributed by atoms with Gasteiger partial charge in [-0.2, -0.15) is 0 Å². The standard InChI is InChI=1S/C24H30Cl2N2O3S/c1-5-16(2)27-24(30)17(3)28(13-20-21(25)7-6-8-22(20)26)23(29)15-32-14-18-9-11-19(31-4)12-10-18/h6-12,16-17H,5,13-15H2,1-4H3,(H,27,30)/t16-,17+/m1/s1. The highest BCUT2D eigenvalue weighted by molar-refractivity contribution is 7.99. The fourth-order valence-corrected chi connectivity index (χ4v) is 4.35. The third kappa shape index (κ3) is 7.61. The van der Waals surface area contributed by atoms with Gasteiger partial charge in [0.05, 0.1) is 12.9 Å². The molecule has 2 amide bonds. The second-order valence-electron chi connectivity index (χ2n) is 7.56. The Labute approximate surface area is 204 Å². The van der Waals surface area contributed by atoms with Crippen LogP contribution in [-0.2, 0) is 21.9 Å². The van der Waals surface area contributed by atoms with Crippen LogP contribution in [-0.4, -0.2) is 41.7 Å². The largest absolute Gasteiger partial charge is 0.497 e. The molecule has 1 N–H and O–H groups in total. The van der Waals surface area contributed by atoms with Crippen molar-refractivity contribution in [2.75, 3.05) is 12.9 Å². The zero-order chi connectivity index (χ0) is 23.7. The number of halogens is 2. The SMILES string of the molecule is CC[C@@H](C)NC(=O)[C@H](C)N(Cc1c(Cl)cccc1Cl)C(=O)CSCc1ccc(OC)cc1. The summed E-state index contributed by atoms with van der Waals surface area (Å²) in [5.41, 5.74) is 1.72. The Kier molecular flexibility index (Phi) is 10.7. The van der Waals surface area contributed by atoms with E-state index in [2.05, 4.69) is 5.32 Å². The van der Waals surface area contributed by atoms with Gasteiger partial charge in [-0.3, -0.25) is 9.59 Å². The van der Waals surface area contributed by atoms with Crippen molar-refractivity contribution in [3.8, 4) is 5.75 Å². The Balaban J connectivity index is 2.12. The third-order valence-electron chi connectivity index (χ3n) is 5.21. The lowest BCUT2D eigenvalue weighted by molar-refractivity contribution is -0.138. The molecule has 5 nitrogen and oxygen atoms in total. The van der Waals surface area contributed by atoms with Crippen molar-refractivity contribution in [3.05, 3.63) is 63.6 Å². The molecule has 2 aromatic rings. The van der Waals surface area contributed by atoms with Gasteiger partial charge in [0.25, 0.3) is 0 Å². The summed E-state index contributed by atoms with van der Waals surface area (Å²) in [7, 11) is 1.63. The van der Waals surface area contributed by atoms with Gasteiger partial charge >= 0.3 is 0 Å². The van der Waals surface area contributed by atoms with Crippen LogP contribution in [0.25, 0.3) is 0 Å². The average molecular weight is 497 g/mol. The van der Waals surface area contributed by atoms with E-state index in [0.717, 1.165) is 17.7 Å². The molecule has 32 heavy (non-hydrogen) atoms. The number of methoxy groups -OCH3 is 1. The zero-order valence-corrected chi connectivity index (χ0v) is 21.2. The quantitative estimate of drug-likeness (QED) is 0.441.